The molecule has 2 rings (SSSR count). The Kier molecular flexibility index (Phi) is 6.62. The second kappa shape index (κ2) is 8.44. The molecule has 5 nitrogen and oxygen atoms in total. The van der Waals surface area contributed by atoms with Gasteiger partial charge in [-0.3, -0.25) is 9.10 Å². The third kappa shape index (κ3) is 5.96. The number of aryl methyl sites for hydroxylation is 2. The largest absolute Gasteiger partial charge is 0.416 e. The van der Waals surface area contributed by atoms with Crippen molar-refractivity contribution in [3.63, 3.8) is 0 Å². The van der Waals surface area contributed by atoms with E-state index in [2.05, 4.69) is 5.32 Å². The molecule has 9 heteroatoms. The number of nitrogens with zero attached hydrogens (tertiary/aromatic N) is 1. The minimum atomic E-state index is -4.53. The van der Waals surface area contributed by atoms with Gasteiger partial charge in [-0.15, -0.1) is 0 Å². The molecule has 0 spiro atoms. The van der Waals surface area contributed by atoms with Gasteiger partial charge in [0.1, 0.15) is 6.54 Å². The van der Waals surface area contributed by atoms with E-state index in [-0.39, 0.29) is 11.7 Å². The first-order chi connectivity index (χ1) is 13.3. The molecule has 1 amide bonds. The standard InChI is InChI=1S/C20H23F3N2O3S/c1-13-5-6-16(11-14(13)2)15(3)24-19(26)12-25(29(4,27)28)18-9-7-17(8-10-18)20(21,22)23/h5-11,15H,12H2,1-4H3,(H,24,26). The van der Waals surface area contributed by atoms with Crippen LogP contribution in [-0.2, 0) is 21.0 Å². The summed E-state index contributed by atoms with van der Waals surface area (Å²) >= 11 is 0. The summed E-state index contributed by atoms with van der Waals surface area (Å²) in [4.78, 5) is 12.4. The van der Waals surface area contributed by atoms with E-state index in [0.29, 0.717) is 0 Å². The van der Waals surface area contributed by atoms with Crippen molar-refractivity contribution in [2.24, 2.45) is 0 Å². The van der Waals surface area contributed by atoms with Crippen molar-refractivity contribution >= 4 is 21.6 Å². The summed E-state index contributed by atoms with van der Waals surface area (Å²) in [5.74, 6) is -0.568. The highest BCUT2D eigenvalue weighted by Crippen LogP contribution is 2.31. The molecular weight excluding hydrogens is 405 g/mol. The third-order valence-corrected chi connectivity index (χ3v) is 5.72. The molecule has 1 unspecified atom stereocenters. The van der Waals surface area contributed by atoms with Gasteiger partial charge in [0, 0.05) is 0 Å². The van der Waals surface area contributed by atoms with Crippen molar-refractivity contribution in [2.45, 2.75) is 33.0 Å². The summed E-state index contributed by atoms with van der Waals surface area (Å²) in [7, 11) is -3.88. The lowest BCUT2D eigenvalue weighted by Crippen LogP contribution is -2.41. The van der Waals surface area contributed by atoms with Crippen LogP contribution in [0, 0.1) is 13.8 Å². The average Bonchev–Trinajstić information content (AvgIpc) is 2.60. The predicted molar refractivity (Wildman–Crippen MR) is 106 cm³/mol. The second-order valence-electron chi connectivity index (χ2n) is 6.95. The minimum Gasteiger partial charge on any atom is -0.348 e. The van der Waals surface area contributed by atoms with Gasteiger partial charge in [0.2, 0.25) is 15.9 Å². The van der Waals surface area contributed by atoms with Crippen LogP contribution in [0.25, 0.3) is 0 Å². The Balaban J connectivity index is 2.18. The monoisotopic (exact) mass is 428 g/mol. The van der Waals surface area contributed by atoms with Crippen LogP contribution in [0.4, 0.5) is 18.9 Å². The molecule has 158 valence electrons. The highest BCUT2D eigenvalue weighted by Gasteiger charge is 2.31. The van der Waals surface area contributed by atoms with Crippen LogP contribution >= 0.6 is 0 Å². The van der Waals surface area contributed by atoms with Gasteiger partial charge in [0.05, 0.1) is 23.5 Å². The number of halogens is 3. The second-order valence-corrected chi connectivity index (χ2v) is 8.85. The van der Waals surface area contributed by atoms with Crippen molar-refractivity contribution in [3.05, 3.63) is 64.7 Å². The highest BCUT2D eigenvalue weighted by molar-refractivity contribution is 7.92. The molecule has 0 bridgehead atoms. The maximum absolute atomic E-state index is 12.7. The molecular formula is C20H23F3N2O3S. The summed E-state index contributed by atoms with van der Waals surface area (Å²) in [5, 5.41) is 2.73. The van der Waals surface area contributed by atoms with Gasteiger partial charge in [-0.2, -0.15) is 13.2 Å². The molecule has 1 atom stereocenters. The van der Waals surface area contributed by atoms with Crippen molar-refractivity contribution in [3.8, 4) is 0 Å². The van der Waals surface area contributed by atoms with Gasteiger partial charge in [0.25, 0.3) is 0 Å². The molecule has 1 N–H and O–H groups in total. The van der Waals surface area contributed by atoms with E-state index in [4.69, 9.17) is 0 Å². The van der Waals surface area contributed by atoms with E-state index in [1.165, 1.54) is 0 Å². The highest BCUT2D eigenvalue weighted by atomic mass is 32.2. The topological polar surface area (TPSA) is 66.5 Å². The summed E-state index contributed by atoms with van der Waals surface area (Å²) in [6.07, 6.45) is -3.64. The zero-order chi connectivity index (χ0) is 22.0. The fourth-order valence-electron chi connectivity index (χ4n) is 2.75. The molecule has 29 heavy (non-hydrogen) atoms. The molecule has 0 aliphatic carbocycles. The maximum atomic E-state index is 12.7. The maximum Gasteiger partial charge on any atom is 0.416 e. The molecule has 0 heterocycles. The smallest absolute Gasteiger partial charge is 0.348 e. The van der Waals surface area contributed by atoms with E-state index in [1.54, 1.807) is 6.92 Å². The van der Waals surface area contributed by atoms with Crippen LogP contribution in [0.1, 0.15) is 35.2 Å². The number of alkyl halides is 3. The molecule has 2 aromatic carbocycles. The molecule has 0 aliphatic rings. The molecule has 0 saturated heterocycles. The number of sulfonamides is 1. The molecule has 0 aliphatic heterocycles. The van der Waals surface area contributed by atoms with E-state index in [0.717, 1.165) is 51.5 Å². The van der Waals surface area contributed by atoms with Gasteiger partial charge in [-0.1, -0.05) is 18.2 Å². The summed E-state index contributed by atoms with van der Waals surface area (Å²) in [5.41, 5.74) is 2.11. The lowest BCUT2D eigenvalue weighted by molar-refractivity contribution is -0.137. The lowest BCUT2D eigenvalue weighted by atomic mass is 10.0. The summed E-state index contributed by atoms with van der Waals surface area (Å²) in [6.45, 7) is 5.14. The number of carbonyl (C=O) groups is 1. The van der Waals surface area contributed by atoms with Crippen molar-refractivity contribution in [1.29, 1.82) is 0 Å². The number of hydrogen-bond acceptors (Lipinski definition) is 3. The quantitative estimate of drug-likeness (QED) is 0.757. The number of carbonyl (C=O) groups excluding carboxylic acids is 1. The Bertz CT molecular complexity index is 987. The van der Waals surface area contributed by atoms with Crippen LogP contribution < -0.4 is 9.62 Å². The molecule has 2 aromatic rings. The SMILES string of the molecule is Cc1ccc(C(C)NC(=O)CN(c2ccc(C(F)(F)F)cc2)S(C)(=O)=O)cc1C. The molecule has 0 radical (unpaired) electrons. The summed E-state index contributed by atoms with van der Waals surface area (Å²) in [6, 6.07) is 9.00. The number of benzene rings is 2. The van der Waals surface area contributed by atoms with Gasteiger partial charge >= 0.3 is 6.18 Å². The normalized spacial score (nSPS) is 13.1. The zero-order valence-electron chi connectivity index (χ0n) is 16.5. The van der Waals surface area contributed by atoms with Crippen molar-refractivity contribution in [2.75, 3.05) is 17.1 Å². The molecule has 0 fully saturated rings. The van der Waals surface area contributed by atoms with Gasteiger partial charge < -0.3 is 5.32 Å². The molecule has 0 saturated carbocycles. The Morgan fingerprint density at radius 3 is 2.14 bits per heavy atom. The van der Waals surface area contributed by atoms with E-state index < -0.39 is 34.2 Å². The Morgan fingerprint density at radius 2 is 1.66 bits per heavy atom. The zero-order valence-corrected chi connectivity index (χ0v) is 17.4. The van der Waals surface area contributed by atoms with Crippen LogP contribution in [-0.4, -0.2) is 27.1 Å². The summed E-state index contributed by atoms with van der Waals surface area (Å²) < 4.78 is 63.2. The Morgan fingerprint density at radius 1 is 1.07 bits per heavy atom. The first-order valence-corrected chi connectivity index (χ1v) is 10.7. The van der Waals surface area contributed by atoms with Crippen LogP contribution in [0.2, 0.25) is 0 Å². The van der Waals surface area contributed by atoms with Gasteiger partial charge in [0.15, 0.2) is 0 Å². The number of nitrogens with one attached hydrogen (secondary N) is 1. The third-order valence-electron chi connectivity index (χ3n) is 4.58. The first-order valence-electron chi connectivity index (χ1n) is 8.80. The Hall–Kier alpha value is -2.55. The van der Waals surface area contributed by atoms with Crippen LogP contribution in [0.15, 0.2) is 42.5 Å². The van der Waals surface area contributed by atoms with Crippen LogP contribution in [0.5, 0.6) is 0 Å². The van der Waals surface area contributed by atoms with Crippen molar-refractivity contribution < 1.29 is 26.4 Å². The fraction of sp³-hybridized carbons (Fsp3) is 0.350. The van der Waals surface area contributed by atoms with Gasteiger partial charge in [-0.05, 0) is 61.7 Å². The van der Waals surface area contributed by atoms with E-state index >= 15 is 0 Å². The fourth-order valence-corrected chi connectivity index (χ4v) is 3.61. The van der Waals surface area contributed by atoms with E-state index in [1.807, 2.05) is 32.0 Å². The number of amides is 1. The average molecular weight is 428 g/mol. The number of rotatable bonds is 6. The number of anilines is 1. The number of hydrogen-bond donors (Lipinski definition) is 1. The lowest BCUT2D eigenvalue weighted by Gasteiger charge is -2.24. The predicted octanol–water partition coefficient (Wildman–Crippen LogP) is 3.97. The minimum absolute atomic E-state index is 0.0190. The van der Waals surface area contributed by atoms with Crippen molar-refractivity contribution in [1.82, 2.24) is 5.32 Å². The molecule has 0 aromatic heterocycles. The first kappa shape index (κ1) is 22.7. The van der Waals surface area contributed by atoms with E-state index in [9.17, 15) is 26.4 Å². The van der Waals surface area contributed by atoms with Gasteiger partial charge in [-0.25, -0.2) is 8.42 Å². The van der Waals surface area contributed by atoms with Crippen LogP contribution in [0.3, 0.4) is 0 Å². The Labute approximate surface area is 168 Å².